The normalized spacial score (nSPS) is 16.1. The Balaban J connectivity index is 1.69. The molecule has 5 rings (SSSR count). The lowest BCUT2D eigenvalue weighted by atomic mass is 9.77. The van der Waals surface area contributed by atoms with Gasteiger partial charge in [0.1, 0.15) is 11.3 Å². The van der Waals surface area contributed by atoms with Crippen LogP contribution in [0.3, 0.4) is 0 Å². The Bertz CT molecular complexity index is 1200. The Morgan fingerprint density at radius 3 is 2.63 bits per heavy atom. The summed E-state index contributed by atoms with van der Waals surface area (Å²) in [4.78, 5) is 31.9. The fourth-order valence-electron chi connectivity index (χ4n) is 4.42. The molecule has 30 heavy (non-hydrogen) atoms. The molecule has 5 nitrogen and oxygen atoms in total. The van der Waals surface area contributed by atoms with E-state index in [-0.39, 0.29) is 40.3 Å². The number of carbonyl (C=O) groups is 2. The highest BCUT2D eigenvalue weighted by Crippen LogP contribution is 2.42. The van der Waals surface area contributed by atoms with Crippen LogP contribution in [0.25, 0.3) is 10.9 Å². The number of carbonyl (C=O) groups excluding carboxylic acids is 2. The van der Waals surface area contributed by atoms with Gasteiger partial charge in [-0.1, -0.05) is 18.6 Å². The number of rotatable bonds is 4. The SMILES string of the molecule is CN1Cc2c(c(O)c3ncc(Cc4ccc(F)cc4)cc3c2C(=O)C2CCC2)C1=O. The van der Waals surface area contributed by atoms with Crippen molar-refractivity contribution in [1.29, 1.82) is 0 Å². The summed E-state index contributed by atoms with van der Waals surface area (Å²) in [6.07, 6.45) is 4.89. The number of benzene rings is 2. The van der Waals surface area contributed by atoms with E-state index in [4.69, 9.17) is 0 Å². The van der Waals surface area contributed by atoms with Crippen molar-refractivity contribution < 1.29 is 19.1 Å². The minimum Gasteiger partial charge on any atom is -0.505 e. The minimum absolute atomic E-state index is 0.0336. The second-order valence-corrected chi connectivity index (χ2v) is 8.27. The van der Waals surface area contributed by atoms with Crippen LogP contribution in [0.4, 0.5) is 4.39 Å². The Labute approximate surface area is 173 Å². The van der Waals surface area contributed by atoms with Gasteiger partial charge in [0.15, 0.2) is 11.5 Å². The molecule has 6 heteroatoms. The molecule has 1 aliphatic carbocycles. The van der Waals surface area contributed by atoms with Gasteiger partial charge in [0.2, 0.25) is 0 Å². The van der Waals surface area contributed by atoms with Crippen molar-refractivity contribution in [3.05, 3.63) is 70.2 Å². The quantitative estimate of drug-likeness (QED) is 0.661. The van der Waals surface area contributed by atoms with E-state index in [0.717, 1.165) is 30.4 Å². The molecule has 2 heterocycles. The second-order valence-electron chi connectivity index (χ2n) is 8.27. The summed E-state index contributed by atoms with van der Waals surface area (Å²) in [5.41, 5.74) is 3.38. The number of halogens is 1. The van der Waals surface area contributed by atoms with Gasteiger partial charge in [-0.15, -0.1) is 0 Å². The van der Waals surface area contributed by atoms with E-state index in [1.807, 2.05) is 6.07 Å². The number of ketones is 1. The molecular weight excluding hydrogens is 383 g/mol. The predicted molar refractivity (Wildman–Crippen MR) is 110 cm³/mol. The number of Topliss-reactive ketones (excluding diaryl/α,β-unsaturated/α-hetero) is 1. The van der Waals surface area contributed by atoms with Crippen molar-refractivity contribution in [2.45, 2.75) is 32.2 Å². The fourth-order valence-corrected chi connectivity index (χ4v) is 4.42. The second kappa shape index (κ2) is 6.90. The maximum atomic E-state index is 13.4. The van der Waals surface area contributed by atoms with Crippen molar-refractivity contribution in [3.8, 4) is 5.75 Å². The number of hydrogen-bond donors (Lipinski definition) is 1. The van der Waals surface area contributed by atoms with E-state index in [9.17, 15) is 19.1 Å². The van der Waals surface area contributed by atoms with E-state index in [1.54, 1.807) is 25.4 Å². The van der Waals surface area contributed by atoms with Gasteiger partial charge in [-0.05, 0) is 54.2 Å². The zero-order valence-electron chi connectivity index (χ0n) is 16.6. The summed E-state index contributed by atoms with van der Waals surface area (Å²) >= 11 is 0. The van der Waals surface area contributed by atoms with Crippen LogP contribution in [0.1, 0.15) is 56.7 Å². The maximum Gasteiger partial charge on any atom is 0.258 e. The number of aromatic nitrogens is 1. The highest BCUT2D eigenvalue weighted by Gasteiger charge is 2.37. The van der Waals surface area contributed by atoms with Crippen LogP contribution in [0.15, 0.2) is 36.5 Å². The number of pyridine rings is 1. The first kappa shape index (κ1) is 18.7. The van der Waals surface area contributed by atoms with Gasteiger partial charge in [0, 0.05) is 36.7 Å². The molecule has 1 saturated carbocycles. The number of amides is 1. The summed E-state index contributed by atoms with van der Waals surface area (Å²) in [5, 5.41) is 11.4. The molecule has 0 atom stereocenters. The van der Waals surface area contributed by atoms with E-state index >= 15 is 0 Å². The summed E-state index contributed by atoms with van der Waals surface area (Å²) in [6, 6.07) is 8.13. The third-order valence-electron chi connectivity index (χ3n) is 6.28. The van der Waals surface area contributed by atoms with Crippen molar-refractivity contribution >= 4 is 22.6 Å². The lowest BCUT2D eigenvalue weighted by Gasteiger charge is -2.25. The maximum absolute atomic E-state index is 13.4. The first-order valence-electron chi connectivity index (χ1n) is 10.1. The molecule has 152 valence electrons. The zero-order valence-corrected chi connectivity index (χ0v) is 16.6. The van der Waals surface area contributed by atoms with E-state index < -0.39 is 0 Å². The van der Waals surface area contributed by atoms with Crippen molar-refractivity contribution in [3.63, 3.8) is 0 Å². The Kier molecular flexibility index (Phi) is 4.31. The largest absolute Gasteiger partial charge is 0.505 e. The Morgan fingerprint density at radius 2 is 1.97 bits per heavy atom. The lowest BCUT2D eigenvalue weighted by molar-refractivity contribution is 0.0810. The number of phenolic OH excluding ortho intramolecular Hbond substituents is 1. The van der Waals surface area contributed by atoms with Crippen molar-refractivity contribution in [1.82, 2.24) is 9.88 Å². The molecule has 1 fully saturated rings. The van der Waals surface area contributed by atoms with Crippen LogP contribution >= 0.6 is 0 Å². The van der Waals surface area contributed by atoms with Crippen molar-refractivity contribution in [2.75, 3.05) is 7.05 Å². The topological polar surface area (TPSA) is 70.5 Å². The molecule has 1 N–H and O–H groups in total. The smallest absolute Gasteiger partial charge is 0.258 e. The molecule has 1 aromatic heterocycles. The van der Waals surface area contributed by atoms with Gasteiger partial charge in [-0.25, -0.2) is 4.39 Å². The van der Waals surface area contributed by atoms with E-state index in [1.165, 1.54) is 17.0 Å². The average molecular weight is 404 g/mol. The summed E-state index contributed by atoms with van der Waals surface area (Å²) in [7, 11) is 1.66. The molecule has 3 aromatic rings. The molecule has 0 bridgehead atoms. The number of phenols is 1. The first-order chi connectivity index (χ1) is 14.4. The molecule has 2 aliphatic rings. The fraction of sp³-hybridized carbons (Fsp3) is 0.292. The molecule has 0 saturated heterocycles. The Morgan fingerprint density at radius 1 is 1.23 bits per heavy atom. The predicted octanol–water partition coefficient (Wildman–Crippen LogP) is 4.24. The minimum atomic E-state index is -0.293. The zero-order chi connectivity index (χ0) is 21.0. The molecule has 0 radical (unpaired) electrons. The molecule has 0 unspecified atom stereocenters. The highest BCUT2D eigenvalue weighted by molar-refractivity contribution is 6.17. The molecule has 1 aliphatic heterocycles. The standard InChI is InChI=1S/C24H21FN2O3/c1-27-12-18-19(22(28)15-3-2-4-15)17-10-14(9-13-5-7-16(25)8-6-13)11-26-21(17)23(29)20(18)24(27)30/h5-8,10-11,15,29H,2-4,9,12H2,1H3. The van der Waals surface area contributed by atoms with Crippen LogP contribution in [0, 0.1) is 11.7 Å². The summed E-state index contributed by atoms with van der Waals surface area (Å²) < 4.78 is 13.2. The lowest BCUT2D eigenvalue weighted by Crippen LogP contribution is -2.23. The molecule has 1 amide bonds. The number of aromatic hydroxyl groups is 1. The molecule has 0 spiro atoms. The van der Waals surface area contributed by atoms with E-state index in [2.05, 4.69) is 4.98 Å². The van der Waals surface area contributed by atoms with Crippen LogP contribution in [0.5, 0.6) is 5.75 Å². The van der Waals surface area contributed by atoms with Crippen molar-refractivity contribution in [2.24, 2.45) is 5.92 Å². The average Bonchev–Trinajstić information content (AvgIpc) is 2.97. The van der Waals surface area contributed by atoms with E-state index in [0.29, 0.717) is 29.5 Å². The molecule has 2 aromatic carbocycles. The van der Waals surface area contributed by atoms with Crippen LogP contribution in [0.2, 0.25) is 0 Å². The number of hydrogen-bond acceptors (Lipinski definition) is 4. The highest BCUT2D eigenvalue weighted by atomic mass is 19.1. The van der Waals surface area contributed by atoms with Gasteiger partial charge in [-0.3, -0.25) is 14.6 Å². The van der Waals surface area contributed by atoms with Gasteiger partial charge >= 0.3 is 0 Å². The number of nitrogens with zero attached hydrogens (tertiary/aromatic N) is 2. The summed E-state index contributed by atoms with van der Waals surface area (Å²) in [6.45, 7) is 0.299. The molecular formula is C24H21FN2O3. The first-order valence-corrected chi connectivity index (χ1v) is 10.1. The van der Waals surface area contributed by atoms with Crippen LogP contribution in [-0.4, -0.2) is 33.7 Å². The van der Waals surface area contributed by atoms with Gasteiger partial charge in [0.05, 0.1) is 5.56 Å². The van der Waals surface area contributed by atoms with Crippen LogP contribution < -0.4 is 0 Å². The van der Waals surface area contributed by atoms with Crippen LogP contribution in [-0.2, 0) is 13.0 Å². The summed E-state index contributed by atoms with van der Waals surface area (Å²) in [5.74, 6) is -0.745. The number of fused-ring (bicyclic) bond motifs is 2. The van der Waals surface area contributed by atoms with Gasteiger partial charge in [0.25, 0.3) is 5.91 Å². The van der Waals surface area contributed by atoms with Gasteiger partial charge in [-0.2, -0.15) is 0 Å². The third-order valence-corrected chi connectivity index (χ3v) is 6.28. The monoisotopic (exact) mass is 404 g/mol. The third kappa shape index (κ3) is 2.86. The van der Waals surface area contributed by atoms with Gasteiger partial charge < -0.3 is 10.0 Å². The Hall–Kier alpha value is -3.28.